The van der Waals surface area contributed by atoms with E-state index in [-0.39, 0.29) is 84.8 Å². The van der Waals surface area contributed by atoms with Crippen LogP contribution in [-0.2, 0) is 51.1 Å². The molecule has 0 heterocycles. The number of carboxylic acid groups (broad SMARTS) is 2. The van der Waals surface area contributed by atoms with E-state index in [0.29, 0.717) is 88.6 Å². The zero-order valence-electron chi connectivity index (χ0n) is 59.4. The van der Waals surface area contributed by atoms with Gasteiger partial charge in [-0.1, -0.05) is 67.5 Å². The normalized spacial score (nSPS) is 15.9. The Labute approximate surface area is 521 Å². The van der Waals surface area contributed by atoms with Crippen LogP contribution in [0.2, 0.25) is 0 Å². The minimum absolute atomic E-state index is 0.0534. The number of carbonyl (C=O) groups is 6. The van der Waals surface area contributed by atoms with E-state index in [1.165, 1.54) is 0 Å². The van der Waals surface area contributed by atoms with E-state index in [4.69, 9.17) is 69.8 Å². The molecule has 14 N–H and O–H groups in total. The highest BCUT2D eigenvalue weighted by atomic mass is 16.5. The number of amides is 4. The number of aliphatic carboxylic acids is 2. The van der Waals surface area contributed by atoms with Gasteiger partial charge in [0, 0.05) is 89.4 Å². The summed E-state index contributed by atoms with van der Waals surface area (Å²) in [5.41, 5.74) is 23.9. The van der Waals surface area contributed by atoms with Crippen LogP contribution in [0.3, 0.4) is 0 Å². The molecule has 0 aliphatic rings. The van der Waals surface area contributed by atoms with Crippen molar-refractivity contribution in [3.63, 3.8) is 0 Å². The number of carboxylic acids is 2. The Balaban J connectivity index is 0.00000160. The summed E-state index contributed by atoms with van der Waals surface area (Å²) in [4.78, 5) is 68.3. The number of rotatable bonds is 40. The number of methoxy groups -OCH3 is 4. The topological polar surface area (TPSA) is 367 Å². The molecule has 0 saturated carbocycles. The van der Waals surface area contributed by atoms with Gasteiger partial charge in [-0.25, -0.2) is 9.59 Å². The van der Waals surface area contributed by atoms with Gasteiger partial charge in [-0.15, -0.1) is 0 Å². The molecule has 0 unspecified atom stereocenters. The lowest BCUT2D eigenvalue weighted by Gasteiger charge is -2.30. The van der Waals surface area contributed by atoms with Crippen LogP contribution in [0.1, 0.15) is 141 Å². The number of aliphatic hydroxyl groups is 2. The molecule has 2 aromatic carbocycles. The molecular formula is C64H110N6O16. The minimum Gasteiger partial charge on any atom is -0.493 e. The van der Waals surface area contributed by atoms with Crippen LogP contribution in [-0.4, -0.2) is 148 Å². The highest BCUT2D eigenvalue weighted by Gasteiger charge is 2.34. The van der Waals surface area contributed by atoms with Gasteiger partial charge in [0.1, 0.15) is 0 Å². The number of ether oxygens (including phenoxy) is 6. The summed E-state index contributed by atoms with van der Waals surface area (Å²) < 4.78 is 77.0. The minimum atomic E-state index is -2.61. The molecule has 22 nitrogen and oxygen atoms in total. The molecule has 86 heavy (non-hydrogen) atoms. The maximum Gasteiger partial charge on any atom is 0.328 e. The van der Waals surface area contributed by atoms with E-state index in [2.05, 4.69) is 38.3 Å². The third-order valence-electron chi connectivity index (χ3n) is 15.1. The summed E-state index contributed by atoms with van der Waals surface area (Å²) in [6.45, 7) is 24.6. The molecule has 4 amide bonds. The quantitative estimate of drug-likeness (QED) is 0.0258. The fraction of sp³-hybridized carbons (Fsp3) is 0.688. The van der Waals surface area contributed by atoms with Crippen molar-refractivity contribution in [2.24, 2.45) is 81.1 Å². The molecule has 0 spiro atoms. The first-order valence-electron chi connectivity index (χ1n) is 32.4. The van der Waals surface area contributed by atoms with Gasteiger partial charge >= 0.3 is 11.9 Å². The number of nitrogens with one attached hydrogen (secondary N) is 2. The third kappa shape index (κ3) is 31.6. The van der Waals surface area contributed by atoms with Gasteiger partial charge in [-0.3, -0.25) is 19.2 Å². The SMILES string of the molecule is O=C(O)/C=C/C(=O)O.[2H]C([2H])([2H])Oc1ccc(C[C@@H](C[C@H](N)[C@@H](O)C[C@H](C(=O)NCC(C)(C)C(N)=O)C(C)C)C(C)C)cc1OCCCOC.[2H]C([2H])([2H])Oc1ccc(C[C@@H](C[C@H](N)[C@@H](O)C[C@H](C(=O)NCC(C)(C)C(N)=O)C(C)C)C(C)C)cc1OCCCOC. The summed E-state index contributed by atoms with van der Waals surface area (Å²) in [6.07, 6.45) is 3.20. The van der Waals surface area contributed by atoms with Gasteiger partial charge in [-0.05, 0) is 137 Å². The number of hydrogen-bond acceptors (Lipinski definition) is 16. The lowest BCUT2D eigenvalue weighted by atomic mass is 9.80. The Morgan fingerprint density at radius 1 is 0.547 bits per heavy atom. The lowest BCUT2D eigenvalue weighted by Crippen LogP contribution is -2.46. The second-order valence-electron chi connectivity index (χ2n) is 24.6. The van der Waals surface area contributed by atoms with Gasteiger partial charge in [-0.2, -0.15) is 0 Å². The molecule has 0 aliphatic carbocycles. The van der Waals surface area contributed by atoms with Crippen LogP contribution < -0.4 is 52.5 Å². The van der Waals surface area contributed by atoms with Crippen molar-refractivity contribution in [2.75, 3.05) is 67.8 Å². The Morgan fingerprint density at radius 2 is 0.884 bits per heavy atom. The third-order valence-corrected chi connectivity index (χ3v) is 15.1. The van der Waals surface area contributed by atoms with Gasteiger partial charge in [0.05, 0.1) is 58.6 Å². The van der Waals surface area contributed by atoms with E-state index in [1.54, 1.807) is 66.2 Å². The van der Waals surface area contributed by atoms with E-state index >= 15 is 0 Å². The molecule has 0 bridgehead atoms. The zero-order valence-corrected chi connectivity index (χ0v) is 53.4. The van der Waals surface area contributed by atoms with Gasteiger partial charge in [0.15, 0.2) is 23.0 Å². The van der Waals surface area contributed by atoms with Crippen molar-refractivity contribution in [3.05, 3.63) is 59.7 Å². The average Bonchev–Trinajstić information content (AvgIpc) is 0.869. The van der Waals surface area contributed by atoms with Crippen LogP contribution in [0.4, 0.5) is 0 Å². The smallest absolute Gasteiger partial charge is 0.328 e. The Morgan fingerprint density at radius 3 is 1.15 bits per heavy atom. The highest BCUT2D eigenvalue weighted by Crippen LogP contribution is 2.34. The van der Waals surface area contributed by atoms with Crippen molar-refractivity contribution in [1.29, 1.82) is 0 Å². The molecule has 0 radical (unpaired) electrons. The predicted molar refractivity (Wildman–Crippen MR) is 333 cm³/mol. The number of aliphatic hydroxyl groups excluding tert-OH is 2. The number of hydrogen-bond donors (Lipinski definition) is 10. The van der Waals surface area contributed by atoms with Crippen molar-refractivity contribution >= 4 is 35.6 Å². The molecule has 2 rings (SSSR count). The second kappa shape index (κ2) is 41.2. The van der Waals surface area contributed by atoms with Crippen molar-refractivity contribution in [3.8, 4) is 23.0 Å². The number of benzene rings is 2. The van der Waals surface area contributed by atoms with E-state index in [1.807, 2.05) is 39.8 Å². The Kier molecular flexibility index (Phi) is 33.1. The van der Waals surface area contributed by atoms with E-state index < -0.39 is 84.8 Å². The fourth-order valence-electron chi connectivity index (χ4n) is 8.75. The highest BCUT2D eigenvalue weighted by molar-refractivity contribution is 5.89. The Bertz CT molecular complexity index is 2410. The summed E-state index contributed by atoms with van der Waals surface area (Å²) in [6, 6.07) is 9.26. The van der Waals surface area contributed by atoms with E-state index in [0.717, 1.165) is 11.1 Å². The summed E-state index contributed by atoms with van der Waals surface area (Å²) >= 11 is 0. The second-order valence-corrected chi connectivity index (χ2v) is 24.6. The summed E-state index contributed by atoms with van der Waals surface area (Å²) in [5.74, 6) is -3.49. The fourth-order valence-corrected chi connectivity index (χ4v) is 8.75. The number of nitrogens with two attached hydrogens (primary N) is 4. The van der Waals surface area contributed by atoms with Crippen molar-refractivity contribution < 1.29 is 85.8 Å². The van der Waals surface area contributed by atoms with Gasteiger partial charge in [0.25, 0.3) is 0 Å². The first-order chi connectivity index (χ1) is 42.4. The molecule has 8 atom stereocenters. The largest absolute Gasteiger partial charge is 0.493 e. The van der Waals surface area contributed by atoms with Gasteiger partial charge < -0.3 is 82.4 Å². The maximum absolute atomic E-state index is 13.0. The first-order valence-corrected chi connectivity index (χ1v) is 29.4. The predicted octanol–water partition coefficient (Wildman–Crippen LogP) is 6.30. The summed E-state index contributed by atoms with van der Waals surface area (Å²) in [5, 5.41) is 43.3. The first kappa shape index (κ1) is 69.1. The molecule has 2 aromatic rings. The van der Waals surface area contributed by atoms with Crippen molar-refractivity contribution in [2.45, 2.75) is 159 Å². The molecule has 0 aliphatic heterocycles. The van der Waals surface area contributed by atoms with Crippen LogP contribution in [0.5, 0.6) is 23.0 Å². The molecular weight excluding hydrogens is 1110 g/mol. The molecule has 0 saturated heterocycles. The Hall–Kier alpha value is -6.04. The van der Waals surface area contributed by atoms with Crippen LogP contribution in [0.25, 0.3) is 0 Å². The molecule has 0 fully saturated rings. The lowest BCUT2D eigenvalue weighted by molar-refractivity contribution is -0.134. The number of primary amides is 2. The summed E-state index contributed by atoms with van der Waals surface area (Å²) in [7, 11) is -2.03. The monoisotopic (exact) mass is 1220 g/mol. The van der Waals surface area contributed by atoms with Crippen LogP contribution >= 0.6 is 0 Å². The molecule has 492 valence electrons. The standard InChI is InChI=1S/2C30H53N3O6.C4H4O4/c2*1-19(2)22(14-21-10-11-26(38-8)27(15-21)39-13-9-12-37-7)16-24(31)25(34)17-23(20(3)4)28(35)33-18-30(5,6)29(32)36;5-3(6)1-2-4(7)8/h2*10-11,15,19-20,22-25,34H,9,12-14,16-18,31H2,1-8H3,(H2,32,36)(H,33,35);1-2H,(H,5,6)(H,7,8)/b;;2-1+/t2*22-,23-,24-,25-;/m00./s1/i2*8D3;. The van der Waals surface area contributed by atoms with Crippen LogP contribution in [0.15, 0.2) is 48.6 Å². The zero-order chi connectivity index (χ0) is 71.1. The average molecular weight is 1230 g/mol. The van der Waals surface area contributed by atoms with E-state index in [9.17, 15) is 39.0 Å². The van der Waals surface area contributed by atoms with Crippen molar-refractivity contribution in [1.82, 2.24) is 10.6 Å². The van der Waals surface area contributed by atoms with Crippen LogP contribution in [0, 0.1) is 58.2 Å². The van der Waals surface area contributed by atoms with Gasteiger partial charge in [0.2, 0.25) is 23.6 Å². The maximum atomic E-state index is 13.0. The molecule has 0 aromatic heterocycles. The molecule has 22 heteroatoms. The number of carbonyl (C=O) groups excluding carboxylic acids is 4.